The molecule has 2 aliphatic heterocycles. The van der Waals surface area contributed by atoms with E-state index in [1.165, 1.54) is 4.90 Å². The van der Waals surface area contributed by atoms with Crippen molar-refractivity contribution in [3.63, 3.8) is 0 Å². The highest BCUT2D eigenvalue weighted by molar-refractivity contribution is 6.07. The lowest BCUT2D eigenvalue weighted by Crippen LogP contribution is -2.55. The lowest BCUT2D eigenvalue weighted by Gasteiger charge is -2.32. The van der Waals surface area contributed by atoms with Gasteiger partial charge < -0.3 is 20.9 Å². The molecule has 2 heterocycles. The number of fused-ring (bicyclic) bond motifs is 3. The standard InChI is InChI=1S/C34H37N5O3/c1-33(2,3)18-28(31(41)39-20-34(17-25(39)19-35)26-10-6-7-11-27(26)38-32(34)42)37-30(40)29(22-12-13-22)36-24-15-14-21-8-4-5-9-23(21)16-24/h4-11,14-16,22,25,28-29,36H,12-13,17-18,20H2,1-3H3,(H,37,40)(H,38,42)/t25-,28-,29?,34-/m0/s1. The number of carbonyl (C=O) groups excluding carboxylic acids is 3. The second kappa shape index (κ2) is 10.5. The van der Waals surface area contributed by atoms with Crippen LogP contribution in [-0.2, 0) is 19.8 Å². The number of hydrogen-bond acceptors (Lipinski definition) is 5. The van der Waals surface area contributed by atoms with E-state index in [2.05, 4.69) is 28.1 Å². The monoisotopic (exact) mass is 563 g/mol. The number of para-hydroxylation sites is 1. The highest BCUT2D eigenvalue weighted by Crippen LogP contribution is 2.46. The molecule has 1 unspecified atom stereocenters. The van der Waals surface area contributed by atoms with Crippen molar-refractivity contribution in [2.45, 2.75) is 70.0 Å². The molecule has 3 aromatic rings. The number of nitrogens with one attached hydrogen (secondary N) is 3. The number of nitriles is 1. The average molecular weight is 564 g/mol. The van der Waals surface area contributed by atoms with Gasteiger partial charge in [0.25, 0.3) is 0 Å². The van der Waals surface area contributed by atoms with Gasteiger partial charge in [-0.2, -0.15) is 5.26 Å². The number of rotatable bonds is 7. The number of likely N-dealkylation sites (tertiary alicyclic amines) is 1. The Balaban J connectivity index is 1.25. The third-order valence-electron chi connectivity index (χ3n) is 8.79. The lowest BCUT2D eigenvalue weighted by molar-refractivity contribution is -0.138. The Labute approximate surface area is 246 Å². The van der Waals surface area contributed by atoms with E-state index >= 15 is 0 Å². The summed E-state index contributed by atoms with van der Waals surface area (Å²) < 4.78 is 0. The summed E-state index contributed by atoms with van der Waals surface area (Å²) in [5.41, 5.74) is 1.15. The Kier molecular flexibility index (Phi) is 6.92. The zero-order valence-electron chi connectivity index (χ0n) is 24.3. The Morgan fingerprint density at radius 3 is 2.50 bits per heavy atom. The summed E-state index contributed by atoms with van der Waals surface area (Å²) in [6, 6.07) is 21.8. The number of benzene rings is 3. The van der Waals surface area contributed by atoms with Gasteiger partial charge in [-0.1, -0.05) is 69.3 Å². The van der Waals surface area contributed by atoms with Crippen molar-refractivity contribution in [2.75, 3.05) is 17.2 Å². The fraction of sp³-hybridized carbons (Fsp3) is 0.412. The molecule has 1 spiro atoms. The third-order valence-corrected chi connectivity index (χ3v) is 8.79. The minimum absolute atomic E-state index is 0.102. The van der Waals surface area contributed by atoms with Crippen LogP contribution in [-0.4, -0.2) is 47.3 Å². The van der Waals surface area contributed by atoms with Gasteiger partial charge in [0.2, 0.25) is 17.7 Å². The van der Waals surface area contributed by atoms with Gasteiger partial charge in [-0.25, -0.2) is 0 Å². The van der Waals surface area contributed by atoms with E-state index in [0.29, 0.717) is 6.42 Å². The molecule has 8 heteroatoms. The van der Waals surface area contributed by atoms with Crippen LogP contribution in [0.3, 0.4) is 0 Å². The van der Waals surface area contributed by atoms with Crippen LogP contribution >= 0.6 is 0 Å². The van der Waals surface area contributed by atoms with Crippen molar-refractivity contribution in [1.82, 2.24) is 10.2 Å². The maximum Gasteiger partial charge on any atom is 0.246 e. The summed E-state index contributed by atoms with van der Waals surface area (Å²) >= 11 is 0. The predicted octanol–water partition coefficient (Wildman–Crippen LogP) is 4.97. The first-order chi connectivity index (χ1) is 20.1. The molecule has 3 amide bonds. The molecule has 3 N–H and O–H groups in total. The highest BCUT2D eigenvalue weighted by Gasteiger charge is 2.56. The molecule has 2 fully saturated rings. The molecule has 216 valence electrons. The minimum Gasteiger partial charge on any atom is -0.373 e. The molecule has 1 saturated heterocycles. The molecule has 0 bridgehead atoms. The molecule has 1 saturated carbocycles. The van der Waals surface area contributed by atoms with Gasteiger partial charge in [0.15, 0.2) is 0 Å². The molecule has 3 aromatic carbocycles. The summed E-state index contributed by atoms with van der Waals surface area (Å²) in [6.07, 6.45) is 2.50. The van der Waals surface area contributed by atoms with Crippen LogP contribution in [0.25, 0.3) is 10.8 Å². The lowest BCUT2D eigenvalue weighted by atomic mass is 9.80. The van der Waals surface area contributed by atoms with Gasteiger partial charge in [0, 0.05) is 24.3 Å². The van der Waals surface area contributed by atoms with Crippen molar-refractivity contribution in [3.05, 3.63) is 72.3 Å². The van der Waals surface area contributed by atoms with Gasteiger partial charge in [0.05, 0.1) is 11.5 Å². The van der Waals surface area contributed by atoms with E-state index in [4.69, 9.17) is 0 Å². The first-order valence-electron chi connectivity index (χ1n) is 14.7. The van der Waals surface area contributed by atoms with Gasteiger partial charge in [-0.3, -0.25) is 14.4 Å². The summed E-state index contributed by atoms with van der Waals surface area (Å²) in [7, 11) is 0. The summed E-state index contributed by atoms with van der Waals surface area (Å²) in [6.45, 7) is 6.18. The first-order valence-corrected chi connectivity index (χ1v) is 14.7. The Morgan fingerprint density at radius 2 is 1.79 bits per heavy atom. The van der Waals surface area contributed by atoms with Crippen molar-refractivity contribution < 1.29 is 14.4 Å². The fourth-order valence-electron chi connectivity index (χ4n) is 6.55. The van der Waals surface area contributed by atoms with Crippen LogP contribution in [0.4, 0.5) is 11.4 Å². The topological polar surface area (TPSA) is 114 Å². The van der Waals surface area contributed by atoms with Crippen LogP contribution in [0.15, 0.2) is 66.7 Å². The van der Waals surface area contributed by atoms with E-state index in [9.17, 15) is 19.6 Å². The number of hydrogen-bond donors (Lipinski definition) is 3. The predicted molar refractivity (Wildman–Crippen MR) is 163 cm³/mol. The van der Waals surface area contributed by atoms with Crippen molar-refractivity contribution in [3.8, 4) is 6.07 Å². The average Bonchev–Trinajstić information content (AvgIpc) is 3.67. The highest BCUT2D eigenvalue weighted by atomic mass is 16.2. The Hall–Kier alpha value is -4.38. The Morgan fingerprint density at radius 1 is 1.07 bits per heavy atom. The minimum atomic E-state index is -0.975. The van der Waals surface area contributed by atoms with E-state index in [-0.39, 0.29) is 42.0 Å². The molecular formula is C34H37N5O3. The number of amides is 3. The molecular weight excluding hydrogens is 526 g/mol. The maximum absolute atomic E-state index is 14.2. The fourth-order valence-corrected chi connectivity index (χ4v) is 6.55. The van der Waals surface area contributed by atoms with Crippen molar-refractivity contribution in [2.24, 2.45) is 11.3 Å². The van der Waals surface area contributed by atoms with Gasteiger partial charge >= 0.3 is 0 Å². The molecule has 1 aliphatic carbocycles. The SMILES string of the molecule is CC(C)(C)C[C@H](NC(=O)C(Nc1ccc2ccccc2c1)C1CC1)C(=O)N1C[C@]2(C[C@H]1C#N)C(=O)Nc1ccccc12. The van der Waals surface area contributed by atoms with E-state index in [1.54, 1.807) is 0 Å². The molecule has 4 atom stereocenters. The van der Waals surface area contributed by atoms with Crippen LogP contribution in [0.2, 0.25) is 0 Å². The normalized spacial score (nSPS) is 22.8. The van der Waals surface area contributed by atoms with Gasteiger partial charge in [0.1, 0.15) is 18.1 Å². The number of nitrogens with zero attached hydrogens (tertiary/aromatic N) is 2. The molecule has 0 aromatic heterocycles. The summed E-state index contributed by atoms with van der Waals surface area (Å²) in [5.74, 6) is -0.551. The van der Waals surface area contributed by atoms with E-state index in [0.717, 1.165) is 40.6 Å². The third kappa shape index (κ3) is 5.20. The van der Waals surface area contributed by atoms with Crippen molar-refractivity contribution >= 4 is 39.9 Å². The molecule has 3 aliphatic rings. The zero-order valence-corrected chi connectivity index (χ0v) is 24.3. The van der Waals surface area contributed by atoms with Gasteiger partial charge in [-0.15, -0.1) is 0 Å². The first kappa shape index (κ1) is 27.8. The van der Waals surface area contributed by atoms with Crippen LogP contribution < -0.4 is 16.0 Å². The number of carbonyl (C=O) groups is 3. The largest absolute Gasteiger partial charge is 0.373 e. The van der Waals surface area contributed by atoms with Gasteiger partial charge in [-0.05, 0) is 65.1 Å². The summed E-state index contributed by atoms with van der Waals surface area (Å²) in [5, 5.41) is 21.8. The quantitative estimate of drug-likeness (QED) is 0.376. The van der Waals surface area contributed by atoms with Crippen LogP contribution in [0.1, 0.15) is 52.0 Å². The molecule has 42 heavy (non-hydrogen) atoms. The molecule has 0 radical (unpaired) electrons. The zero-order chi connectivity index (χ0) is 29.6. The smallest absolute Gasteiger partial charge is 0.246 e. The maximum atomic E-state index is 14.2. The van der Waals surface area contributed by atoms with Crippen molar-refractivity contribution in [1.29, 1.82) is 5.26 Å². The van der Waals surface area contributed by atoms with Crippen LogP contribution in [0, 0.1) is 22.7 Å². The van der Waals surface area contributed by atoms with Crippen LogP contribution in [0.5, 0.6) is 0 Å². The summed E-state index contributed by atoms with van der Waals surface area (Å²) in [4.78, 5) is 42.8. The Bertz CT molecular complexity index is 1600. The number of anilines is 2. The second-order valence-corrected chi connectivity index (χ2v) is 13.2. The second-order valence-electron chi connectivity index (χ2n) is 13.2. The molecule has 6 rings (SSSR count). The van der Waals surface area contributed by atoms with E-state index < -0.39 is 23.5 Å². The van der Waals surface area contributed by atoms with E-state index in [1.807, 2.05) is 81.4 Å². The molecule has 8 nitrogen and oxygen atoms in total.